The largest absolute Gasteiger partial charge is 0.462 e. The van der Waals surface area contributed by atoms with Crippen molar-refractivity contribution in [2.45, 2.75) is 13.8 Å². The van der Waals surface area contributed by atoms with Crippen molar-refractivity contribution in [3.63, 3.8) is 0 Å². The summed E-state index contributed by atoms with van der Waals surface area (Å²) in [6, 6.07) is 7.77. The maximum absolute atomic E-state index is 12.0. The first-order valence-electron chi connectivity index (χ1n) is 6.20. The highest BCUT2D eigenvalue weighted by atomic mass is 32.1. The van der Waals surface area contributed by atoms with E-state index in [1.54, 1.807) is 13.8 Å². The molecule has 0 saturated carbocycles. The number of aromatic nitrogens is 2. The minimum absolute atomic E-state index is 0.308. The Hall–Kier alpha value is -2.21. The van der Waals surface area contributed by atoms with Crippen molar-refractivity contribution in [3.8, 4) is 10.7 Å². The molecule has 0 bridgehead atoms. The second kappa shape index (κ2) is 5.05. The summed E-state index contributed by atoms with van der Waals surface area (Å²) in [5.74, 6) is 0.0122. The molecule has 0 fully saturated rings. The number of carbonyl (C=O) groups is 1. The molecular formula is C14H12N2O3S. The van der Waals surface area contributed by atoms with Gasteiger partial charge in [-0.25, -0.2) is 9.78 Å². The average Bonchev–Trinajstić information content (AvgIpc) is 3.01. The van der Waals surface area contributed by atoms with Gasteiger partial charge in [0.15, 0.2) is 5.69 Å². The lowest BCUT2D eigenvalue weighted by molar-refractivity contribution is 0.0525. The van der Waals surface area contributed by atoms with Crippen LogP contribution in [0.2, 0.25) is 0 Å². The first-order chi connectivity index (χ1) is 9.70. The molecule has 0 radical (unpaired) electrons. The van der Waals surface area contributed by atoms with Gasteiger partial charge in [-0.15, -0.1) is 11.3 Å². The van der Waals surface area contributed by atoms with Crippen LogP contribution in [0.4, 0.5) is 0 Å². The number of thiazole rings is 1. The van der Waals surface area contributed by atoms with Gasteiger partial charge in [-0.1, -0.05) is 17.3 Å². The maximum atomic E-state index is 12.0. The van der Waals surface area contributed by atoms with Gasteiger partial charge in [0.05, 0.1) is 16.8 Å². The number of para-hydroxylation sites is 1. The van der Waals surface area contributed by atoms with Gasteiger partial charge in [-0.2, -0.15) is 0 Å². The van der Waals surface area contributed by atoms with Gasteiger partial charge in [0.25, 0.3) is 0 Å². The third kappa shape index (κ3) is 2.08. The van der Waals surface area contributed by atoms with E-state index in [0.717, 1.165) is 10.2 Å². The normalized spacial score (nSPS) is 10.9. The van der Waals surface area contributed by atoms with Crippen molar-refractivity contribution in [1.29, 1.82) is 0 Å². The molecule has 0 aliphatic carbocycles. The second-order valence-corrected chi connectivity index (χ2v) is 5.20. The van der Waals surface area contributed by atoms with E-state index in [2.05, 4.69) is 10.1 Å². The summed E-state index contributed by atoms with van der Waals surface area (Å²) in [7, 11) is 0. The number of fused-ring (bicyclic) bond motifs is 1. The van der Waals surface area contributed by atoms with Gasteiger partial charge in [0, 0.05) is 0 Å². The summed E-state index contributed by atoms with van der Waals surface area (Å²) in [5.41, 5.74) is 1.68. The van der Waals surface area contributed by atoms with Crippen LogP contribution in [-0.2, 0) is 4.74 Å². The Morgan fingerprint density at radius 2 is 2.20 bits per heavy atom. The molecule has 20 heavy (non-hydrogen) atoms. The Labute approximate surface area is 119 Å². The van der Waals surface area contributed by atoms with Gasteiger partial charge in [-0.05, 0) is 26.0 Å². The molecule has 102 valence electrons. The molecule has 3 rings (SSSR count). The number of ether oxygens (including phenoxy) is 1. The molecule has 0 spiro atoms. The fourth-order valence-electron chi connectivity index (χ4n) is 1.94. The topological polar surface area (TPSA) is 65.2 Å². The van der Waals surface area contributed by atoms with Crippen molar-refractivity contribution >= 4 is 27.5 Å². The van der Waals surface area contributed by atoms with E-state index in [1.807, 2.05) is 24.3 Å². The highest BCUT2D eigenvalue weighted by Crippen LogP contribution is 2.32. The quantitative estimate of drug-likeness (QED) is 0.691. The molecule has 2 aromatic heterocycles. The van der Waals surface area contributed by atoms with E-state index in [1.165, 1.54) is 11.3 Å². The Morgan fingerprint density at radius 3 is 2.95 bits per heavy atom. The molecule has 0 saturated heterocycles. The third-order valence-electron chi connectivity index (χ3n) is 2.84. The SMILES string of the molecule is CCOC(=O)c1c(-c2nc3ccccc3s2)noc1C. The molecule has 1 aromatic carbocycles. The van der Waals surface area contributed by atoms with Gasteiger partial charge in [-0.3, -0.25) is 0 Å². The highest BCUT2D eigenvalue weighted by molar-refractivity contribution is 7.21. The monoisotopic (exact) mass is 288 g/mol. The minimum atomic E-state index is -0.430. The van der Waals surface area contributed by atoms with Crippen LogP contribution in [0.1, 0.15) is 23.0 Å². The highest BCUT2D eigenvalue weighted by Gasteiger charge is 2.24. The molecule has 0 N–H and O–H groups in total. The number of nitrogens with zero attached hydrogens (tertiary/aromatic N) is 2. The fraction of sp³-hybridized carbons (Fsp3) is 0.214. The lowest BCUT2D eigenvalue weighted by Crippen LogP contribution is -2.06. The van der Waals surface area contributed by atoms with Crippen molar-refractivity contribution in [1.82, 2.24) is 10.1 Å². The van der Waals surface area contributed by atoms with Gasteiger partial charge in [0.2, 0.25) is 0 Å². The number of esters is 1. The minimum Gasteiger partial charge on any atom is -0.462 e. The Bertz CT molecular complexity index is 743. The zero-order chi connectivity index (χ0) is 14.1. The second-order valence-electron chi connectivity index (χ2n) is 4.17. The van der Waals surface area contributed by atoms with Crippen LogP contribution in [0.5, 0.6) is 0 Å². The Kier molecular flexibility index (Phi) is 3.23. The number of rotatable bonds is 3. The number of hydrogen-bond donors (Lipinski definition) is 0. The third-order valence-corrected chi connectivity index (χ3v) is 3.88. The lowest BCUT2D eigenvalue weighted by atomic mass is 10.2. The van der Waals surface area contributed by atoms with Crippen molar-refractivity contribution in [3.05, 3.63) is 35.6 Å². The standard InChI is InChI=1S/C14H12N2O3S/c1-3-18-14(17)11-8(2)19-16-12(11)13-15-9-6-4-5-7-10(9)20-13/h4-7H,3H2,1-2H3. The van der Waals surface area contributed by atoms with E-state index in [4.69, 9.17) is 9.26 Å². The van der Waals surface area contributed by atoms with Crippen LogP contribution in [0.25, 0.3) is 20.9 Å². The van der Waals surface area contributed by atoms with Gasteiger partial charge in [0.1, 0.15) is 16.3 Å². The van der Waals surface area contributed by atoms with Crippen LogP contribution < -0.4 is 0 Å². The maximum Gasteiger partial charge on any atom is 0.344 e. The molecule has 5 nitrogen and oxygen atoms in total. The summed E-state index contributed by atoms with van der Waals surface area (Å²) in [6.45, 7) is 3.76. The number of hydrogen-bond acceptors (Lipinski definition) is 6. The van der Waals surface area contributed by atoms with Gasteiger partial charge >= 0.3 is 5.97 Å². The summed E-state index contributed by atoms with van der Waals surface area (Å²) in [5, 5.41) is 4.62. The van der Waals surface area contributed by atoms with Gasteiger partial charge < -0.3 is 9.26 Å². The predicted octanol–water partition coefficient (Wildman–Crippen LogP) is 3.44. The number of aryl methyl sites for hydroxylation is 1. The molecule has 3 aromatic rings. The van der Waals surface area contributed by atoms with Crippen LogP contribution in [-0.4, -0.2) is 22.7 Å². The molecule has 0 aliphatic rings. The predicted molar refractivity (Wildman–Crippen MR) is 75.8 cm³/mol. The van der Waals surface area contributed by atoms with Crippen molar-refractivity contribution in [2.75, 3.05) is 6.61 Å². The molecule has 0 unspecified atom stereocenters. The van der Waals surface area contributed by atoms with Crippen LogP contribution in [0.3, 0.4) is 0 Å². The first kappa shape index (κ1) is 12.8. The summed E-state index contributed by atoms with van der Waals surface area (Å²) >= 11 is 1.47. The number of benzene rings is 1. The van der Waals surface area contributed by atoms with Crippen molar-refractivity contribution < 1.29 is 14.1 Å². The lowest BCUT2D eigenvalue weighted by Gasteiger charge is -2.00. The Balaban J connectivity index is 2.12. The molecule has 2 heterocycles. The molecular weight excluding hydrogens is 276 g/mol. The summed E-state index contributed by atoms with van der Waals surface area (Å²) < 4.78 is 11.2. The van der Waals surface area contributed by atoms with Crippen LogP contribution in [0.15, 0.2) is 28.8 Å². The summed E-state index contributed by atoms with van der Waals surface area (Å²) in [6.07, 6.45) is 0. The molecule has 0 aliphatic heterocycles. The smallest absolute Gasteiger partial charge is 0.344 e. The van der Waals surface area contributed by atoms with Crippen LogP contribution in [0, 0.1) is 6.92 Å². The molecule has 6 heteroatoms. The molecule has 0 amide bonds. The van der Waals surface area contributed by atoms with E-state index in [0.29, 0.717) is 28.6 Å². The zero-order valence-electron chi connectivity index (χ0n) is 11.0. The van der Waals surface area contributed by atoms with E-state index in [9.17, 15) is 4.79 Å². The summed E-state index contributed by atoms with van der Waals surface area (Å²) in [4.78, 5) is 16.5. The number of carbonyl (C=O) groups excluding carboxylic acids is 1. The van der Waals surface area contributed by atoms with E-state index < -0.39 is 5.97 Å². The van der Waals surface area contributed by atoms with E-state index >= 15 is 0 Å². The fourth-order valence-corrected chi connectivity index (χ4v) is 2.89. The zero-order valence-corrected chi connectivity index (χ0v) is 11.9. The first-order valence-corrected chi connectivity index (χ1v) is 7.01. The van der Waals surface area contributed by atoms with Crippen molar-refractivity contribution in [2.24, 2.45) is 0 Å². The molecule has 0 atom stereocenters. The average molecular weight is 288 g/mol. The van der Waals surface area contributed by atoms with Crippen LogP contribution >= 0.6 is 11.3 Å². The Morgan fingerprint density at radius 1 is 1.40 bits per heavy atom. The van der Waals surface area contributed by atoms with E-state index in [-0.39, 0.29) is 0 Å².